The normalized spacial score (nSPS) is 20.6. The van der Waals surface area contributed by atoms with Crippen molar-refractivity contribution < 1.29 is 14.1 Å². The summed E-state index contributed by atoms with van der Waals surface area (Å²) in [5.74, 6) is -0.116. The highest BCUT2D eigenvalue weighted by Crippen LogP contribution is 2.36. The molecule has 6 heteroatoms. The lowest BCUT2D eigenvalue weighted by atomic mass is 9.79. The molecular weight excluding hydrogens is 264 g/mol. The number of nitrogens with zero attached hydrogens (tertiary/aromatic N) is 1. The number of carbonyl (C=O) groups excluding carboxylic acids is 1. The molecule has 1 fully saturated rings. The zero-order valence-corrected chi connectivity index (χ0v) is 12.5. The average Bonchev–Trinajstić information content (AvgIpc) is 2.48. The Kier molecular flexibility index (Phi) is 3.50. The van der Waals surface area contributed by atoms with E-state index in [1.165, 1.54) is 13.1 Å². The molecule has 0 saturated carbocycles. The minimum Gasteiger partial charge on any atom is -0.399 e. The average molecular weight is 282 g/mol. The van der Waals surface area contributed by atoms with Gasteiger partial charge in [-0.25, -0.2) is 0 Å². The third-order valence-electron chi connectivity index (χ3n) is 3.75. The number of ketones is 1. The molecule has 0 bridgehead atoms. The fourth-order valence-corrected chi connectivity index (χ4v) is 1.99. The molecule has 1 aliphatic heterocycles. The number of rotatable bonds is 2. The Balaban J connectivity index is 2.39. The van der Waals surface area contributed by atoms with Crippen molar-refractivity contribution in [3.05, 3.63) is 23.0 Å². The maximum Gasteiger partial charge on any atom is 0.496 e. The van der Waals surface area contributed by atoms with Crippen molar-refractivity contribution in [1.29, 1.82) is 0 Å². The fourth-order valence-electron chi connectivity index (χ4n) is 1.80. The smallest absolute Gasteiger partial charge is 0.399 e. The summed E-state index contributed by atoms with van der Waals surface area (Å²) in [7, 11) is -0.585. The molecule has 1 aromatic heterocycles. The van der Waals surface area contributed by atoms with Gasteiger partial charge in [0, 0.05) is 18.6 Å². The number of Topliss-reactive ketones (excluding diaryl/α,β-unsaturated/α-hetero) is 1. The van der Waals surface area contributed by atoms with Crippen molar-refractivity contribution in [2.75, 3.05) is 0 Å². The van der Waals surface area contributed by atoms with E-state index in [1.54, 1.807) is 6.07 Å². The van der Waals surface area contributed by atoms with Gasteiger partial charge in [-0.15, -0.1) is 0 Å². The lowest BCUT2D eigenvalue weighted by molar-refractivity contribution is 0.00578. The van der Waals surface area contributed by atoms with Crippen LogP contribution in [0.3, 0.4) is 0 Å². The van der Waals surface area contributed by atoms with Gasteiger partial charge in [0.2, 0.25) is 0 Å². The lowest BCUT2D eigenvalue weighted by Gasteiger charge is -2.32. The van der Waals surface area contributed by atoms with Crippen molar-refractivity contribution in [2.24, 2.45) is 0 Å². The highest BCUT2D eigenvalue weighted by Gasteiger charge is 2.52. The summed E-state index contributed by atoms with van der Waals surface area (Å²) in [5.41, 5.74) is 0.107. The van der Waals surface area contributed by atoms with Gasteiger partial charge in [0.1, 0.15) is 5.69 Å². The van der Waals surface area contributed by atoms with Gasteiger partial charge >= 0.3 is 7.12 Å². The first-order chi connectivity index (χ1) is 8.64. The number of aromatic nitrogens is 1. The summed E-state index contributed by atoms with van der Waals surface area (Å²) in [4.78, 5) is 15.4. The molecule has 0 aromatic carbocycles. The van der Waals surface area contributed by atoms with Crippen LogP contribution in [-0.4, -0.2) is 29.1 Å². The quantitative estimate of drug-likeness (QED) is 0.616. The van der Waals surface area contributed by atoms with Gasteiger partial charge in [-0.1, -0.05) is 11.6 Å². The highest BCUT2D eigenvalue weighted by atomic mass is 35.5. The van der Waals surface area contributed by atoms with Crippen LogP contribution in [0.15, 0.2) is 12.3 Å². The van der Waals surface area contributed by atoms with E-state index in [2.05, 4.69) is 4.98 Å². The Labute approximate surface area is 118 Å². The Hall–Kier alpha value is -0.905. The molecule has 2 rings (SSSR count). The predicted molar refractivity (Wildman–Crippen MR) is 75.0 cm³/mol. The van der Waals surface area contributed by atoms with Crippen LogP contribution in [0, 0.1) is 0 Å². The predicted octanol–water partition coefficient (Wildman–Crippen LogP) is 2.24. The first kappa shape index (κ1) is 14.5. The molecule has 102 valence electrons. The van der Waals surface area contributed by atoms with Crippen LogP contribution >= 0.6 is 11.6 Å². The Morgan fingerprint density at radius 2 is 1.79 bits per heavy atom. The van der Waals surface area contributed by atoms with Crippen LogP contribution in [0.1, 0.15) is 45.1 Å². The number of hydrogen-bond donors (Lipinski definition) is 0. The summed E-state index contributed by atoms with van der Waals surface area (Å²) in [5, 5.41) is 0.434. The van der Waals surface area contributed by atoms with E-state index < -0.39 is 18.3 Å². The van der Waals surface area contributed by atoms with E-state index >= 15 is 0 Å². The number of halogens is 1. The van der Waals surface area contributed by atoms with Gasteiger partial charge in [0.25, 0.3) is 0 Å². The van der Waals surface area contributed by atoms with Gasteiger partial charge in [-0.05, 0) is 33.8 Å². The maximum atomic E-state index is 11.4. The van der Waals surface area contributed by atoms with Gasteiger partial charge in [0.15, 0.2) is 5.78 Å². The monoisotopic (exact) mass is 281 g/mol. The molecule has 0 N–H and O–H groups in total. The molecule has 1 saturated heterocycles. The summed E-state index contributed by atoms with van der Waals surface area (Å²) in [6.45, 7) is 9.33. The van der Waals surface area contributed by atoms with Crippen LogP contribution in [0.2, 0.25) is 5.02 Å². The first-order valence-corrected chi connectivity index (χ1v) is 6.54. The SMILES string of the molecule is CC(=O)c1cc(B2OC(C)(C)C(C)(C)O2)c(Cl)cn1. The molecule has 0 spiro atoms. The van der Waals surface area contributed by atoms with E-state index in [9.17, 15) is 4.79 Å². The summed E-state index contributed by atoms with van der Waals surface area (Å²) in [6.07, 6.45) is 1.46. The molecule has 0 amide bonds. The van der Waals surface area contributed by atoms with E-state index in [4.69, 9.17) is 20.9 Å². The van der Waals surface area contributed by atoms with Crippen LogP contribution in [0.5, 0.6) is 0 Å². The Bertz CT molecular complexity index is 515. The van der Waals surface area contributed by atoms with Crippen LogP contribution in [0.4, 0.5) is 0 Å². The lowest BCUT2D eigenvalue weighted by Crippen LogP contribution is -2.41. The third kappa shape index (κ3) is 2.55. The summed E-state index contributed by atoms with van der Waals surface area (Å²) in [6, 6.07) is 1.63. The molecule has 0 radical (unpaired) electrons. The van der Waals surface area contributed by atoms with Gasteiger partial charge in [-0.3, -0.25) is 9.78 Å². The largest absolute Gasteiger partial charge is 0.496 e. The van der Waals surface area contributed by atoms with Gasteiger partial charge < -0.3 is 9.31 Å². The standard InChI is InChI=1S/C13H17BClNO3/c1-8(17)11-6-9(10(15)7-16-11)14-18-12(2,3)13(4,5)19-14/h6-7H,1-5H3. The second-order valence-corrected chi connectivity index (χ2v) is 6.14. The Morgan fingerprint density at radius 3 is 2.26 bits per heavy atom. The summed E-state index contributed by atoms with van der Waals surface area (Å²) < 4.78 is 11.8. The summed E-state index contributed by atoms with van der Waals surface area (Å²) >= 11 is 6.13. The molecule has 1 aromatic rings. The van der Waals surface area contributed by atoms with E-state index in [-0.39, 0.29) is 5.78 Å². The first-order valence-electron chi connectivity index (χ1n) is 6.16. The van der Waals surface area contributed by atoms with Gasteiger partial charge in [-0.2, -0.15) is 0 Å². The van der Waals surface area contributed by atoms with E-state index in [1.807, 2.05) is 27.7 Å². The zero-order valence-electron chi connectivity index (χ0n) is 11.8. The number of carbonyl (C=O) groups is 1. The molecule has 19 heavy (non-hydrogen) atoms. The minimum atomic E-state index is -0.585. The van der Waals surface area contributed by atoms with Crippen molar-refractivity contribution >= 4 is 30.0 Å². The van der Waals surface area contributed by atoms with Crippen molar-refractivity contribution in [3.63, 3.8) is 0 Å². The highest BCUT2D eigenvalue weighted by molar-refractivity contribution is 6.65. The van der Waals surface area contributed by atoms with Crippen LogP contribution in [-0.2, 0) is 9.31 Å². The maximum absolute atomic E-state index is 11.4. The zero-order chi connectivity index (χ0) is 14.4. The molecule has 0 atom stereocenters. The fraction of sp³-hybridized carbons (Fsp3) is 0.538. The minimum absolute atomic E-state index is 0.116. The van der Waals surface area contributed by atoms with Crippen molar-refractivity contribution in [1.82, 2.24) is 4.98 Å². The van der Waals surface area contributed by atoms with Crippen LogP contribution in [0.25, 0.3) is 0 Å². The van der Waals surface area contributed by atoms with E-state index in [0.29, 0.717) is 16.2 Å². The second kappa shape index (κ2) is 4.58. The third-order valence-corrected chi connectivity index (χ3v) is 4.07. The number of pyridine rings is 1. The second-order valence-electron chi connectivity index (χ2n) is 5.74. The molecule has 1 aliphatic rings. The molecule has 2 heterocycles. The van der Waals surface area contributed by atoms with E-state index in [0.717, 1.165) is 0 Å². The number of hydrogen-bond acceptors (Lipinski definition) is 4. The molecule has 4 nitrogen and oxygen atoms in total. The van der Waals surface area contributed by atoms with Crippen LogP contribution < -0.4 is 5.46 Å². The Morgan fingerprint density at radius 1 is 1.26 bits per heavy atom. The molecular formula is C13H17BClNO3. The molecule has 0 unspecified atom stereocenters. The van der Waals surface area contributed by atoms with Gasteiger partial charge in [0.05, 0.1) is 16.2 Å². The van der Waals surface area contributed by atoms with Crippen molar-refractivity contribution in [3.8, 4) is 0 Å². The van der Waals surface area contributed by atoms with Crippen molar-refractivity contribution in [2.45, 2.75) is 45.8 Å². The molecule has 0 aliphatic carbocycles. The topological polar surface area (TPSA) is 48.4 Å².